The number of benzene rings is 2. The lowest BCUT2D eigenvalue weighted by Crippen LogP contribution is -2.09. The molecule has 30 heavy (non-hydrogen) atoms. The van der Waals surface area contributed by atoms with Crippen molar-refractivity contribution < 1.29 is 35.8 Å². The third-order valence-corrected chi connectivity index (χ3v) is 3.70. The summed E-state index contributed by atoms with van der Waals surface area (Å²) in [6, 6.07) is 5.77. The van der Waals surface area contributed by atoms with Gasteiger partial charge in [0.2, 0.25) is 11.8 Å². The van der Waals surface area contributed by atoms with Crippen LogP contribution in [0.15, 0.2) is 48.8 Å². The first kappa shape index (κ1) is 21.0. The Balaban J connectivity index is 1.83. The van der Waals surface area contributed by atoms with E-state index in [1.165, 1.54) is 12.1 Å². The number of hydrogen-bond donors (Lipinski definition) is 2. The predicted molar refractivity (Wildman–Crippen MR) is 93.9 cm³/mol. The number of alkyl halides is 6. The molecule has 1 aromatic heterocycles. The smallest absolute Gasteiger partial charge is 0.418 e. The van der Waals surface area contributed by atoms with Gasteiger partial charge < -0.3 is 20.9 Å². The number of ether oxygens (including phenoxy) is 2. The van der Waals surface area contributed by atoms with Crippen molar-refractivity contribution in [2.45, 2.75) is 12.4 Å². The van der Waals surface area contributed by atoms with Crippen LogP contribution < -0.4 is 20.9 Å². The fraction of sp³-hybridized carbons (Fsp3) is 0.111. The molecule has 0 aliphatic heterocycles. The first-order chi connectivity index (χ1) is 13.9. The first-order valence-electron chi connectivity index (χ1n) is 8.04. The maximum atomic E-state index is 12.9. The summed E-state index contributed by atoms with van der Waals surface area (Å²) in [7, 11) is 0. The molecule has 0 saturated heterocycles. The van der Waals surface area contributed by atoms with Crippen LogP contribution in [0.5, 0.6) is 23.3 Å². The molecular formula is C18H12F6N4O2. The number of anilines is 2. The van der Waals surface area contributed by atoms with Crippen LogP contribution in [0.4, 0.5) is 37.7 Å². The SMILES string of the molecule is Nc1ccc(Oc2cncc(Oc3ccc(N)c(C(F)(F)F)c3)n2)cc1C(F)(F)F. The zero-order valence-corrected chi connectivity index (χ0v) is 14.8. The minimum Gasteiger partial charge on any atom is -0.437 e. The van der Waals surface area contributed by atoms with Gasteiger partial charge in [-0.15, -0.1) is 0 Å². The summed E-state index contributed by atoms with van der Waals surface area (Å²) in [6.07, 6.45) is -7.21. The predicted octanol–water partition coefficient (Wildman–Crippen LogP) is 5.26. The van der Waals surface area contributed by atoms with Gasteiger partial charge >= 0.3 is 12.4 Å². The van der Waals surface area contributed by atoms with Gasteiger partial charge in [-0.05, 0) is 36.4 Å². The summed E-state index contributed by atoms with van der Waals surface area (Å²) in [6.45, 7) is 0. The third-order valence-electron chi connectivity index (χ3n) is 3.70. The minimum atomic E-state index is -4.69. The quantitative estimate of drug-likeness (QED) is 0.433. The van der Waals surface area contributed by atoms with Gasteiger partial charge in [0, 0.05) is 11.4 Å². The van der Waals surface area contributed by atoms with Gasteiger partial charge in [0.25, 0.3) is 0 Å². The highest BCUT2D eigenvalue weighted by Crippen LogP contribution is 2.38. The molecule has 0 radical (unpaired) electrons. The number of nitrogen functional groups attached to an aromatic ring is 2. The summed E-state index contributed by atoms with van der Waals surface area (Å²) in [5.41, 5.74) is 7.48. The van der Waals surface area contributed by atoms with Crippen molar-refractivity contribution >= 4 is 11.4 Å². The summed E-state index contributed by atoms with van der Waals surface area (Å²) in [4.78, 5) is 7.61. The van der Waals surface area contributed by atoms with Crippen LogP contribution in [0, 0.1) is 0 Å². The number of rotatable bonds is 4. The first-order valence-corrected chi connectivity index (χ1v) is 8.04. The highest BCUT2D eigenvalue weighted by molar-refractivity contribution is 5.53. The van der Waals surface area contributed by atoms with Crippen LogP contribution in [0.1, 0.15) is 11.1 Å². The lowest BCUT2D eigenvalue weighted by molar-refractivity contribution is -0.137. The second-order valence-corrected chi connectivity index (χ2v) is 5.89. The molecule has 12 heteroatoms. The topological polar surface area (TPSA) is 96.3 Å². The lowest BCUT2D eigenvalue weighted by atomic mass is 10.1. The molecule has 0 aliphatic carbocycles. The monoisotopic (exact) mass is 430 g/mol. The van der Waals surface area contributed by atoms with Gasteiger partial charge in [-0.25, -0.2) is 0 Å². The maximum Gasteiger partial charge on any atom is 0.418 e. The number of aromatic nitrogens is 2. The van der Waals surface area contributed by atoms with Crippen LogP contribution in [0.3, 0.4) is 0 Å². The molecule has 0 saturated carbocycles. The second kappa shape index (κ2) is 7.61. The molecule has 1 heterocycles. The van der Waals surface area contributed by atoms with E-state index in [0.29, 0.717) is 12.1 Å². The lowest BCUT2D eigenvalue weighted by Gasteiger charge is -2.13. The van der Waals surface area contributed by atoms with Crippen LogP contribution in [-0.2, 0) is 12.4 Å². The Labute approximate surface area is 165 Å². The number of hydrogen-bond acceptors (Lipinski definition) is 6. The van der Waals surface area contributed by atoms with Gasteiger partial charge in [0.05, 0.1) is 23.5 Å². The highest BCUT2D eigenvalue weighted by Gasteiger charge is 2.34. The molecule has 4 N–H and O–H groups in total. The molecule has 3 aromatic rings. The summed E-state index contributed by atoms with van der Waals surface area (Å²) >= 11 is 0. The fourth-order valence-electron chi connectivity index (χ4n) is 2.36. The van der Waals surface area contributed by atoms with E-state index < -0.39 is 34.9 Å². The normalized spacial score (nSPS) is 11.9. The average Bonchev–Trinajstić information content (AvgIpc) is 2.63. The molecule has 2 aromatic carbocycles. The molecule has 158 valence electrons. The van der Waals surface area contributed by atoms with Crippen molar-refractivity contribution in [2.75, 3.05) is 11.5 Å². The zero-order valence-electron chi connectivity index (χ0n) is 14.8. The van der Waals surface area contributed by atoms with Crippen molar-refractivity contribution in [3.63, 3.8) is 0 Å². The van der Waals surface area contributed by atoms with Crippen LogP contribution in [0.25, 0.3) is 0 Å². The van der Waals surface area contributed by atoms with Crippen molar-refractivity contribution in [3.8, 4) is 23.3 Å². The Hall–Kier alpha value is -3.70. The Morgan fingerprint density at radius 2 is 1.07 bits per heavy atom. The Morgan fingerprint density at radius 3 is 1.43 bits per heavy atom. The van der Waals surface area contributed by atoms with E-state index in [9.17, 15) is 26.3 Å². The molecule has 0 aliphatic rings. The zero-order chi connectivity index (χ0) is 22.1. The number of halogens is 6. The van der Waals surface area contributed by atoms with Crippen molar-refractivity contribution in [2.24, 2.45) is 0 Å². The molecule has 0 bridgehead atoms. The Morgan fingerprint density at radius 1 is 0.667 bits per heavy atom. The summed E-state index contributed by atoms with van der Waals surface area (Å²) in [5.74, 6) is -0.960. The summed E-state index contributed by atoms with van der Waals surface area (Å²) in [5, 5.41) is 0. The molecule has 6 nitrogen and oxygen atoms in total. The van der Waals surface area contributed by atoms with Crippen molar-refractivity contribution in [1.82, 2.24) is 9.97 Å². The molecule has 3 rings (SSSR count). The average molecular weight is 430 g/mol. The van der Waals surface area contributed by atoms with Gasteiger partial charge in [-0.1, -0.05) is 0 Å². The highest BCUT2D eigenvalue weighted by atomic mass is 19.4. The maximum absolute atomic E-state index is 12.9. The second-order valence-electron chi connectivity index (χ2n) is 5.89. The van der Waals surface area contributed by atoms with Gasteiger partial charge in [-0.2, -0.15) is 31.3 Å². The van der Waals surface area contributed by atoms with E-state index in [1.807, 2.05) is 0 Å². The van der Waals surface area contributed by atoms with Crippen LogP contribution >= 0.6 is 0 Å². The Bertz CT molecular complexity index is 989. The van der Waals surface area contributed by atoms with Crippen LogP contribution in [0.2, 0.25) is 0 Å². The fourth-order valence-corrected chi connectivity index (χ4v) is 2.36. The number of nitrogens with zero attached hydrogens (tertiary/aromatic N) is 2. The largest absolute Gasteiger partial charge is 0.437 e. The van der Waals surface area contributed by atoms with Gasteiger partial charge in [0.1, 0.15) is 11.5 Å². The minimum absolute atomic E-state index is 0.227. The van der Waals surface area contributed by atoms with E-state index in [1.54, 1.807) is 0 Å². The summed E-state index contributed by atoms with van der Waals surface area (Å²) < 4.78 is 88.1. The molecule has 0 fully saturated rings. The molecular weight excluding hydrogens is 418 g/mol. The van der Waals surface area contributed by atoms with E-state index in [-0.39, 0.29) is 23.3 Å². The number of nitrogens with two attached hydrogens (primary N) is 2. The molecule has 0 amide bonds. The molecule has 0 spiro atoms. The molecule has 0 unspecified atom stereocenters. The van der Waals surface area contributed by atoms with Gasteiger partial charge in [-0.3, -0.25) is 4.98 Å². The van der Waals surface area contributed by atoms with Crippen molar-refractivity contribution in [3.05, 3.63) is 59.9 Å². The van der Waals surface area contributed by atoms with Gasteiger partial charge in [0.15, 0.2) is 0 Å². The molecule has 0 atom stereocenters. The van der Waals surface area contributed by atoms with Crippen LogP contribution in [-0.4, -0.2) is 9.97 Å². The Kier molecular flexibility index (Phi) is 5.33. The van der Waals surface area contributed by atoms with Crippen molar-refractivity contribution in [1.29, 1.82) is 0 Å². The standard InChI is InChI=1S/C18H12F6N4O2/c19-17(20,21)11-5-9(1-3-13(11)25)29-15-7-27-8-16(28-15)30-10-2-4-14(26)12(6-10)18(22,23)24/h1-8H,25-26H2. The van der Waals surface area contributed by atoms with E-state index in [0.717, 1.165) is 24.5 Å². The van der Waals surface area contributed by atoms with E-state index >= 15 is 0 Å². The van der Waals surface area contributed by atoms with E-state index in [2.05, 4.69) is 9.97 Å². The van der Waals surface area contributed by atoms with E-state index in [4.69, 9.17) is 20.9 Å². The third kappa shape index (κ3) is 4.82.